The number of amides is 1. The van der Waals surface area contributed by atoms with Gasteiger partial charge in [-0.1, -0.05) is 18.2 Å². The Morgan fingerprint density at radius 3 is 2.66 bits per heavy atom. The predicted molar refractivity (Wildman–Crippen MR) is 121 cm³/mol. The van der Waals surface area contributed by atoms with Gasteiger partial charge in [-0.2, -0.15) is 0 Å². The largest absolute Gasteiger partial charge is 0.380 e. The number of aromatic nitrogens is 2. The van der Waals surface area contributed by atoms with Gasteiger partial charge in [0, 0.05) is 56.5 Å². The monoisotopic (exact) mass is 393 g/mol. The Bertz CT molecular complexity index is 949. The third kappa shape index (κ3) is 5.08. The van der Waals surface area contributed by atoms with Gasteiger partial charge in [-0.15, -0.1) is 0 Å². The van der Waals surface area contributed by atoms with Gasteiger partial charge < -0.3 is 20.1 Å². The van der Waals surface area contributed by atoms with Gasteiger partial charge in [0.15, 0.2) is 5.82 Å². The normalized spacial score (nSPS) is 11.1. The van der Waals surface area contributed by atoms with E-state index < -0.39 is 0 Å². The Morgan fingerprint density at radius 2 is 1.86 bits per heavy atom. The van der Waals surface area contributed by atoms with Crippen molar-refractivity contribution in [3.63, 3.8) is 0 Å². The van der Waals surface area contributed by atoms with Crippen molar-refractivity contribution in [1.29, 1.82) is 0 Å². The first-order valence-corrected chi connectivity index (χ1v) is 10.2. The zero-order valence-corrected chi connectivity index (χ0v) is 17.8. The number of pyridine rings is 1. The number of carbonyl (C=O) groups is 1. The number of unbranched alkanes of at least 4 members (excludes halogenated alkanes) is 1. The maximum absolute atomic E-state index is 12.8. The molecule has 2 aromatic heterocycles. The maximum Gasteiger partial charge on any atom is 0.255 e. The lowest BCUT2D eigenvalue weighted by Gasteiger charge is -2.23. The highest BCUT2D eigenvalue weighted by Crippen LogP contribution is 2.23. The van der Waals surface area contributed by atoms with Crippen LogP contribution in [0.25, 0.3) is 10.9 Å². The molecule has 6 nitrogen and oxygen atoms in total. The zero-order chi connectivity index (χ0) is 20.8. The highest BCUT2D eigenvalue weighted by molar-refractivity contribution is 6.06. The second-order valence-corrected chi connectivity index (χ2v) is 7.78. The molecule has 29 heavy (non-hydrogen) atoms. The van der Waals surface area contributed by atoms with Crippen molar-refractivity contribution in [2.75, 3.05) is 37.4 Å². The SMILES string of the molecule is CC(C)Nc1cccnc1N(C)CCCCN(C)C(=O)c1c[nH]c2ccccc12. The first kappa shape index (κ1) is 20.7. The van der Waals surface area contributed by atoms with Crippen LogP contribution in [0.5, 0.6) is 0 Å². The number of aromatic amines is 1. The van der Waals surface area contributed by atoms with Gasteiger partial charge in [-0.3, -0.25) is 4.79 Å². The summed E-state index contributed by atoms with van der Waals surface area (Å²) < 4.78 is 0. The van der Waals surface area contributed by atoms with Gasteiger partial charge in [0.25, 0.3) is 5.91 Å². The van der Waals surface area contributed by atoms with Crippen LogP contribution >= 0.6 is 0 Å². The highest BCUT2D eigenvalue weighted by atomic mass is 16.2. The molecule has 2 heterocycles. The standard InChI is InChI=1S/C23H31N5O/c1-17(2)26-21-12-9-13-24-22(21)27(3)14-7-8-15-28(4)23(29)19-16-25-20-11-6-5-10-18(19)20/h5-6,9-13,16-17,25-26H,7-8,14-15H2,1-4H3. The van der Waals surface area contributed by atoms with Gasteiger partial charge >= 0.3 is 0 Å². The Kier molecular flexibility index (Phi) is 6.75. The van der Waals surface area contributed by atoms with Crippen LogP contribution in [-0.4, -0.2) is 54.0 Å². The molecular weight excluding hydrogens is 362 g/mol. The van der Waals surface area contributed by atoms with Crippen molar-refractivity contribution in [3.05, 3.63) is 54.4 Å². The maximum atomic E-state index is 12.8. The van der Waals surface area contributed by atoms with E-state index in [1.807, 2.05) is 54.7 Å². The summed E-state index contributed by atoms with van der Waals surface area (Å²) in [6, 6.07) is 12.3. The van der Waals surface area contributed by atoms with Gasteiger partial charge in [0.2, 0.25) is 0 Å². The number of H-pyrrole nitrogens is 1. The average Bonchev–Trinajstić information content (AvgIpc) is 3.14. The van der Waals surface area contributed by atoms with E-state index in [1.54, 1.807) is 0 Å². The van der Waals surface area contributed by atoms with E-state index in [1.165, 1.54) is 0 Å². The molecule has 0 fully saturated rings. The third-order valence-corrected chi connectivity index (χ3v) is 5.00. The number of benzene rings is 1. The Labute approximate surface area is 172 Å². The lowest BCUT2D eigenvalue weighted by molar-refractivity contribution is 0.0795. The van der Waals surface area contributed by atoms with Crippen LogP contribution in [0.1, 0.15) is 37.0 Å². The Hall–Kier alpha value is -3.02. The minimum Gasteiger partial charge on any atom is -0.380 e. The van der Waals surface area contributed by atoms with E-state index >= 15 is 0 Å². The fourth-order valence-electron chi connectivity index (χ4n) is 3.48. The van der Waals surface area contributed by atoms with Crippen LogP contribution < -0.4 is 10.2 Å². The van der Waals surface area contributed by atoms with Crippen LogP contribution in [0.15, 0.2) is 48.8 Å². The number of rotatable bonds is 9. The number of nitrogens with zero attached hydrogens (tertiary/aromatic N) is 3. The molecule has 0 saturated carbocycles. The smallest absolute Gasteiger partial charge is 0.255 e. The molecule has 1 amide bonds. The second-order valence-electron chi connectivity index (χ2n) is 7.78. The summed E-state index contributed by atoms with van der Waals surface area (Å²) >= 11 is 0. The number of hydrogen-bond acceptors (Lipinski definition) is 4. The summed E-state index contributed by atoms with van der Waals surface area (Å²) in [5.41, 5.74) is 2.78. The van der Waals surface area contributed by atoms with Gasteiger partial charge in [0.05, 0.1) is 11.3 Å². The number of carbonyl (C=O) groups excluding carboxylic acids is 1. The molecule has 0 atom stereocenters. The first-order valence-electron chi connectivity index (χ1n) is 10.2. The van der Waals surface area contributed by atoms with Crippen molar-refractivity contribution in [1.82, 2.24) is 14.9 Å². The molecule has 3 aromatic rings. The quantitative estimate of drug-likeness (QED) is 0.530. The molecule has 1 aromatic carbocycles. The molecule has 0 aliphatic carbocycles. The molecule has 154 valence electrons. The summed E-state index contributed by atoms with van der Waals surface area (Å²) in [6.07, 6.45) is 5.56. The molecule has 0 bridgehead atoms. The van der Waals surface area contributed by atoms with Gasteiger partial charge in [-0.25, -0.2) is 4.98 Å². The predicted octanol–water partition coefficient (Wildman–Crippen LogP) is 4.37. The average molecular weight is 394 g/mol. The zero-order valence-electron chi connectivity index (χ0n) is 17.8. The number of para-hydroxylation sites is 1. The van der Waals surface area contributed by atoms with E-state index in [0.29, 0.717) is 6.04 Å². The fourth-order valence-corrected chi connectivity index (χ4v) is 3.48. The molecule has 6 heteroatoms. The van der Waals surface area contributed by atoms with Crippen LogP contribution in [0.4, 0.5) is 11.5 Å². The Morgan fingerprint density at radius 1 is 1.10 bits per heavy atom. The Balaban J connectivity index is 1.51. The third-order valence-electron chi connectivity index (χ3n) is 5.00. The number of fused-ring (bicyclic) bond motifs is 1. The molecule has 0 unspecified atom stereocenters. The summed E-state index contributed by atoms with van der Waals surface area (Å²) in [6.45, 7) is 5.86. The number of anilines is 2. The summed E-state index contributed by atoms with van der Waals surface area (Å²) in [4.78, 5) is 24.5. The molecule has 2 N–H and O–H groups in total. The molecule has 0 aliphatic heterocycles. The van der Waals surface area contributed by atoms with E-state index in [4.69, 9.17) is 0 Å². The summed E-state index contributed by atoms with van der Waals surface area (Å²) in [5.74, 6) is 1.02. The molecule has 0 spiro atoms. The second kappa shape index (κ2) is 9.45. The van der Waals surface area contributed by atoms with E-state index in [2.05, 4.69) is 47.1 Å². The lowest BCUT2D eigenvalue weighted by Crippen LogP contribution is -2.28. The summed E-state index contributed by atoms with van der Waals surface area (Å²) in [5, 5.41) is 4.42. The van der Waals surface area contributed by atoms with Crippen LogP contribution in [0.2, 0.25) is 0 Å². The minimum atomic E-state index is 0.0592. The fraction of sp³-hybridized carbons (Fsp3) is 0.391. The number of nitrogens with one attached hydrogen (secondary N) is 2. The van der Waals surface area contributed by atoms with Crippen LogP contribution in [0.3, 0.4) is 0 Å². The van der Waals surface area contributed by atoms with Gasteiger partial charge in [-0.05, 0) is 44.9 Å². The summed E-state index contributed by atoms with van der Waals surface area (Å²) in [7, 11) is 3.94. The highest BCUT2D eigenvalue weighted by Gasteiger charge is 2.16. The first-order chi connectivity index (χ1) is 14.0. The van der Waals surface area contributed by atoms with Crippen molar-refractivity contribution >= 4 is 28.3 Å². The molecule has 0 saturated heterocycles. The van der Waals surface area contributed by atoms with Crippen LogP contribution in [0, 0.1) is 0 Å². The molecule has 0 aliphatic rings. The topological polar surface area (TPSA) is 64.3 Å². The van der Waals surface area contributed by atoms with Crippen molar-refractivity contribution in [2.24, 2.45) is 0 Å². The number of hydrogen-bond donors (Lipinski definition) is 2. The molecular formula is C23H31N5O. The van der Waals surface area contributed by atoms with Crippen molar-refractivity contribution in [2.45, 2.75) is 32.7 Å². The van der Waals surface area contributed by atoms with Crippen molar-refractivity contribution in [3.8, 4) is 0 Å². The minimum absolute atomic E-state index is 0.0592. The van der Waals surface area contributed by atoms with E-state index in [9.17, 15) is 4.79 Å². The lowest BCUT2D eigenvalue weighted by atomic mass is 10.1. The van der Waals surface area contributed by atoms with E-state index in [-0.39, 0.29) is 5.91 Å². The van der Waals surface area contributed by atoms with Crippen molar-refractivity contribution < 1.29 is 4.79 Å². The molecule has 3 rings (SSSR count). The molecule has 0 radical (unpaired) electrons. The van der Waals surface area contributed by atoms with Gasteiger partial charge in [0.1, 0.15) is 0 Å². The van der Waals surface area contributed by atoms with E-state index in [0.717, 1.165) is 53.9 Å². The van der Waals surface area contributed by atoms with Crippen LogP contribution in [-0.2, 0) is 0 Å².